The van der Waals surface area contributed by atoms with Gasteiger partial charge in [-0.25, -0.2) is 8.42 Å². The molecule has 0 fully saturated rings. The third kappa shape index (κ3) is 4.14. The predicted octanol–water partition coefficient (Wildman–Crippen LogP) is 2.85. The molecule has 0 bridgehead atoms. The second kappa shape index (κ2) is 7.34. The van der Waals surface area contributed by atoms with Crippen molar-refractivity contribution >= 4 is 15.7 Å². The maximum atomic E-state index is 12.6. The molecule has 0 radical (unpaired) electrons. The van der Waals surface area contributed by atoms with Gasteiger partial charge in [0.2, 0.25) is 10.0 Å². The van der Waals surface area contributed by atoms with Crippen LogP contribution in [-0.4, -0.2) is 30.7 Å². The molecule has 2 aromatic carbocycles. The van der Waals surface area contributed by atoms with Gasteiger partial charge in [-0.15, -0.1) is 0 Å². The lowest BCUT2D eigenvalue weighted by Gasteiger charge is -2.20. The summed E-state index contributed by atoms with van der Waals surface area (Å²) in [5.74, 6) is 0. The maximum absolute atomic E-state index is 12.6. The van der Waals surface area contributed by atoms with Crippen molar-refractivity contribution in [3.05, 3.63) is 70.3 Å². The third-order valence-electron chi connectivity index (χ3n) is 3.53. The maximum Gasteiger partial charge on any atom is 0.269 e. The van der Waals surface area contributed by atoms with Crippen LogP contribution in [0.4, 0.5) is 5.69 Å². The first-order valence-corrected chi connectivity index (χ1v) is 8.67. The van der Waals surface area contributed by atoms with E-state index in [1.54, 1.807) is 6.92 Å². The Morgan fingerprint density at radius 3 is 2.17 bits per heavy atom. The van der Waals surface area contributed by atoms with Crippen LogP contribution in [0.2, 0.25) is 0 Å². The highest BCUT2D eigenvalue weighted by Gasteiger charge is 2.23. The summed E-state index contributed by atoms with van der Waals surface area (Å²) in [6.45, 7) is 2.47. The third-order valence-corrected chi connectivity index (χ3v) is 5.52. The Labute approximate surface area is 135 Å². The summed E-state index contributed by atoms with van der Waals surface area (Å²) in [5.41, 5.74) is 0.932. The smallest absolute Gasteiger partial charge is 0.258 e. The molecular weight excluding hydrogens is 316 g/mol. The molecule has 0 aliphatic rings. The van der Waals surface area contributed by atoms with Crippen molar-refractivity contribution in [2.24, 2.45) is 0 Å². The standard InChI is InChI=1S/C16H18N2O4S/c1-2-17(13-12-14-6-4-3-5-7-14)23(21,22)16-10-8-15(9-11-16)18(19)20/h3-11H,2,12-13H2,1H3. The lowest BCUT2D eigenvalue weighted by Crippen LogP contribution is -2.32. The summed E-state index contributed by atoms with van der Waals surface area (Å²) < 4.78 is 26.6. The van der Waals surface area contributed by atoms with Crippen molar-refractivity contribution in [2.75, 3.05) is 13.1 Å². The Kier molecular flexibility index (Phi) is 5.46. The summed E-state index contributed by atoms with van der Waals surface area (Å²) in [6.07, 6.45) is 0.612. The highest BCUT2D eigenvalue weighted by molar-refractivity contribution is 7.89. The predicted molar refractivity (Wildman–Crippen MR) is 87.7 cm³/mol. The molecule has 2 aromatic rings. The quantitative estimate of drug-likeness (QED) is 0.576. The Morgan fingerprint density at radius 2 is 1.65 bits per heavy atom. The average Bonchev–Trinajstić information content (AvgIpc) is 2.56. The molecule has 0 aliphatic carbocycles. The molecule has 0 spiro atoms. The van der Waals surface area contributed by atoms with E-state index in [0.29, 0.717) is 19.5 Å². The number of hydrogen-bond donors (Lipinski definition) is 0. The first kappa shape index (κ1) is 17.1. The number of sulfonamides is 1. The Morgan fingerprint density at radius 1 is 1.04 bits per heavy atom. The molecule has 0 aliphatic heterocycles. The van der Waals surface area contributed by atoms with Gasteiger partial charge in [0.15, 0.2) is 0 Å². The number of non-ortho nitro benzene ring substituents is 1. The molecule has 0 aromatic heterocycles. The van der Waals surface area contributed by atoms with E-state index in [-0.39, 0.29) is 10.6 Å². The molecule has 122 valence electrons. The number of benzene rings is 2. The molecule has 23 heavy (non-hydrogen) atoms. The van der Waals surface area contributed by atoms with Gasteiger partial charge in [-0.3, -0.25) is 10.1 Å². The summed E-state index contributed by atoms with van der Waals surface area (Å²) in [7, 11) is -3.65. The van der Waals surface area contributed by atoms with Crippen LogP contribution in [-0.2, 0) is 16.4 Å². The monoisotopic (exact) mass is 334 g/mol. The number of likely N-dealkylation sites (N-methyl/N-ethyl adjacent to an activating group) is 1. The van der Waals surface area contributed by atoms with Crippen LogP contribution in [0.1, 0.15) is 12.5 Å². The number of nitro groups is 1. The molecule has 6 nitrogen and oxygen atoms in total. The minimum Gasteiger partial charge on any atom is -0.258 e. The average molecular weight is 334 g/mol. The van der Waals surface area contributed by atoms with E-state index in [1.165, 1.54) is 28.6 Å². The van der Waals surface area contributed by atoms with Crippen molar-refractivity contribution in [1.82, 2.24) is 4.31 Å². The summed E-state index contributed by atoms with van der Waals surface area (Å²) in [4.78, 5) is 10.2. The van der Waals surface area contributed by atoms with E-state index in [9.17, 15) is 18.5 Å². The molecular formula is C16H18N2O4S. The van der Waals surface area contributed by atoms with E-state index in [1.807, 2.05) is 30.3 Å². The summed E-state index contributed by atoms with van der Waals surface area (Å²) >= 11 is 0. The number of rotatable bonds is 7. The molecule has 0 saturated carbocycles. The molecule has 0 unspecified atom stereocenters. The number of nitro benzene ring substituents is 1. The Hall–Kier alpha value is -2.25. The SMILES string of the molecule is CCN(CCc1ccccc1)S(=O)(=O)c1ccc([N+](=O)[O-])cc1. The van der Waals surface area contributed by atoms with Crippen LogP contribution in [0.25, 0.3) is 0 Å². The normalized spacial score (nSPS) is 11.6. The van der Waals surface area contributed by atoms with Crippen molar-refractivity contribution in [1.29, 1.82) is 0 Å². The van der Waals surface area contributed by atoms with E-state index in [2.05, 4.69) is 0 Å². The van der Waals surface area contributed by atoms with E-state index in [0.717, 1.165) is 5.56 Å². The molecule has 7 heteroatoms. The van der Waals surface area contributed by atoms with Gasteiger partial charge in [0.05, 0.1) is 9.82 Å². The zero-order valence-corrected chi connectivity index (χ0v) is 13.6. The van der Waals surface area contributed by atoms with E-state index >= 15 is 0 Å². The first-order chi connectivity index (χ1) is 10.9. The lowest BCUT2D eigenvalue weighted by molar-refractivity contribution is -0.384. The fourth-order valence-corrected chi connectivity index (χ4v) is 3.69. The molecule has 0 saturated heterocycles. The van der Waals surface area contributed by atoms with Gasteiger partial charge in [0, 0.05) is 25.2 Å². The van der Waals surface area contributed by atoms with Crippen molar-refractivity contribution in [2.45, 2.75) is 18.2 Å². The number of hydrogen-bond acceptors (Lipinski definition) is 4. The highest BCUT2D eigenvalue weighted by atomic mass is 32.2. The molecule has 2 rings (SSSR count). The van der Waals surface area contributed by atoms with Crippen LogP contribution >= 0.6 is 0 Å². The Balaban J connectivity index is 2.16. The second-order valence-electron chi connectivity index (χ2n) is 4.98. The van der Waals surface area contributed by atoms with Crippen LogP contribution in [0, 0.1) is 10.1 Å². The van der Waals surface area contributed by atoms with Gasteiger partial charge < -0.3 is 0 Å². The molecule has 0 atom stereocenters. The fraction of sp³-hybridized carbons (Fsp3) is 0.250. The van der Waals surface area contributed by atoms with E-state index < -0.39 is 14.9 Å². The minimum absolute atomic E-state index is 0.0676. The minimum atomic E-state index is -3.65. The van der Waals surface area contributed by atoms with Crippen molar-refractivity contribution in [3.63, 3.8) is 0 Å². The van der Waals surface area contributed by atoms with Gasteiger partial charge in [0.1, 0.15) is 0 Å². The fourth-order valence-electron chi connectivity index (χ4n) is 2.24. The van der Waals surface area contributed by atoms with Gasteiger partial charge in [-0.05, 0) is 24.1 Å². The van der Waals surface area contributed by atoms with Crippen LogP contribution in [0.15, 0.2) is 59.5 Å². The van der Waals surface area contributed by atoms with Crippen LogP contribution in [0.5, 0.6) is 0 Å². The van der Waals surface area contributed by atoms with Crippen molar-refractivity contribution in [3.8, 4) is 0 Å². The zero-order chi connectivity index (χ0) is 16.9. The second-order valence-corrected chi connectivity index (χ2v) is 6.92. The van der Waals surface area contributed by atoms with Gasteiger partial charge in [0.25, 0.3) is 5.69 Å². The topological polar surface area (TPSA) is 80.5 Å². The summed E-state index contributed by atoms with van der Waals surface area (Å²) in [6, 6.07) is 14.6. The zero-order valence-electron chi connectivity index (χ0n) is 12.8. The number of nitrogens with zero attached hydrogens (tertiary/aromatic N) is 2. The van der Waals surface area contributed by atoms with Crippen LogP contribution < -0.4 is 0 Å². The molecule has 0 N–H and O–H groups in total. The van der Waals surface area contributed by atoms with Crippen molar-refractivity contribution < 1.29 is 13.3 Å². The van der Waals surface area contributed by atoms with Gasteiger partial charge in [-0.1, -0.05) is 37.3 Å². The largest absolute Gasteiger partial charge is 0.269 e. The molecule has 0 heterocycles. The van der Waals surface area contributed by atoms with Gasteiger partial charge >= 0.3 is 0 Å². The van der Waals surface area contributed by atoms with E-state index in [4.69, 9.17) is 0 Å². The highest BCUT2D eigenvalue weighted by Crippen LogP contribution is 2.19. The molecule has 0 amide bonds. The van der Waals surface area contributed by atoms with Gasteiger partial charge in [-0.2, -0.15) is 4.31 Å². The summed E-state index contributed by atoms with van der Waals surface area (Å²) in [5, 5.41) is 10.7. The Bertz CT molecular complexity index is 758. The first-order valence-electron chi connectivity index (χ1n) is 7.23. The lowest BCUT2D eigenvalue weighted by atomic mass is 10.1. The van der Waals surface area contributed by atoms with Crippen LogP contribution in [0.3, 0.4) is 0 Å².